The highest BCUT2D eigenvalue weighted by molar-refractivity contribution is 9.10. The van der Waals surface area contributed by atoms with Crippen molar-refractivity contribution in [1.82, 2.24) is 19.7 Å². The fourth-order valence-corrected chi connectivity index (χ4v) is 4.91. The molecule has 0 saturated carbocycles. The number of aromatic hydroxyl groups is 1. The van der Waals surface area contributed by atoms with Crippen LogP contribution in [0.3, 0.4) is 0 Å². The van der Waals surface area contributed by atoms with Crippen LogP contribution in [0.1, 0.15) is 21.6 Å². The molecule has 4 aromatic rings. The molecule has 39 heavy (non-hydrogen) atoms. The van der Waals surface area contributed by atoms with E-state index in [-0.39, 0.29) is 11.4 Å². The first-order valence-corrected chi connectivity index (χ1v) is 13.1. The van der Waals surface area contributed by atoms with Gasteiger partial charge in [0.25, 0.3) is 11.5 Å². The number of para-hydroxylation sites is 1. The van der Waals surface area contributed by atoms with Crippen molar-refractivity contribution in [2.45, 2.75) is 13.8 Å². The zero-order valence-corrected chi connectivity index (χ0v) is 22.9. The monoisotopic (exact) mass is 591 g/mol. The summed E-state index contributed by atoms with van der Waals surface area (Å²) >= 11 is 3.27. The van der Waals surface area contributed by atoms with Crippen LogP contribution in [-0.4, -0.2) is 56.9 Å². The smallest absolute Gasteiger partial charge is 0.349 e. The van der Waals surface area contributed by atoms with Gasteiger partial charge in [-0.1, -0.05) is 18.2 Å². The highest BCUT2D eigenvalue weighted by Gasteiger charge is 2.26. The van der Waals surface area contributed by atoms with Crippen molar-refractivity contribution in [3.05, 3.63) is 103 Å². The summed E-state index contributed by atoms with van der Waals surface area (Å²) in [5.41, 5.74) is 0.961. The fourth-order valence-electron chi connectivity index (χ4n) is 4.55. The molecule has 1 amide bonds. The topological polar surface area (TPSA) is 121 Å². The van der Waals surface area contributed by atoms with Crippen LogP contribution in [0.2, 0.25) is 0 Å². The van der Waals surface area contributed by atoms with Gasteiger partial charge in [-0.05, 0) is 83.4 Å². The number of aromatic amines is 1. The van der Waals surface area contributed by atoms with Crippen LogP contribution in [0.5, 0.6) is 17.2 Å². The molecule has 1 aliphatic rings. The Kier molecular flexibility index (Phi) is 7.25. The van der Waals surface area contributed by atoms with Gasteiger partial charge in [-0.15, -0.1) is 0 Å². The summed E-state index contributed by atoms with van der Waals surface area (Å²) in [7, 11) is 0. The number of ether oxygens (including phenoxy) is 1. The Bertz CT molecular complexity index is 1640. The van der Waals surface area contributed by atoms with Crippen LogP contribution in [0.25, 0.3) is 5.69 Å². The maximum Gasteiger partial charge on any atom is 0.349 e. The van der Waals surface area contributed by atoms with E-state index in [1.165, 1.54) is 6.07 Å². The summed E-state index contributed by atoms with van der Waals surface area (Å²) in [4.78, 5) is 44.6. The number of phenolic OH excluding ortho intramolecular Hbond substituents is 1. The molecule has 0 spiro atoms. The Morgan fingerprint density at radius 2 is 1.62 bits per heavy atom. The van der Waals surface area contributed by atoms with Gasteiger partial charge in [-0.2, -0.15) is 9.78 Å². The maximum absolute atomic E-state index is 13.3. The quantitative estimate of drug-likeness (QED) is 0.362. The average Bonchev–Trinajstić information content (AvgIpc) is 2.93. The van der Waals surface area contributed by atoms with E-state index in [4.69, 9.17) is 4.74 Å². The SMILES string of the molecule is Cc1cc(-n2nc(C(=O)N3CCN(c4ccccc4)CC3)c(=O)[nH]c2=O)cc(C)c1Oc1ccc(O)c(Br)c1. The van der Waals surface area contributed by atoms with Crippen molar-refractivity contribution >= 4 is 27.5 Å². The lowest BCUT2D eigenvalue weighted by molar-refractivity contribution is 0.0736. The largest absolute Gasteiger partial charge is 0.507 e. The maximum atomic E-state index is 13.3. The second-order valence-electron chi connectivity index (χ2n) is 9.26. The van der Waals surface area contributed by atoms with Crippen LogP contribution in [0, 0.1) is 13.8 Å². The number of hydrogen-bond acceptors (Lipinski definition) is 7. The van der Waals surface area contributed by atoms with Crippen molar-refractivity contribution in [2.24, 2.45) is 0 Å². The number of anilines is 1. The number of carbonyl (C=O) groups excluding carboxylic acids is 1. The fraction of sp³-hybridized carbons (Fsp3) is 0.214. The molecule has 11 heteroatoms. The minimum absolute atomic E-state index is 0.0955. The number of rotatable bonds is 5. The van der Waals surface area contributed by atoms with Crippen molar-refractivity contribution in [2.75, 3.05) is 31.1 Å². The average molecular weight is 592 g/mol. The Labute approximate surface area is 232 Å². The van der Waals surface area contributed by atoms with Gasteiger partial charge in [0.2, 0.25) is 5.69 Å². The van der Waals surface area contributed by atoms with Crippen LogP contribution >= 0.6 is 15.9 Å². The first-order valence-electron chi connectivity index (χ1n) is 12.3. The molecule has 0 radical (unpaired) electrons. The Balaban J connectivity index is 1.39. The second-order valence-corrected chi connectivity index (χ2v) is 10.1. The molecular formula is C28H26BrN5O5. The lowest BCUT2D eigenvalue weighted by Crippen LogP contribution is -2.50. The lowest BCUT2D eigenvalue weighted by atomic mass is 10.1. The van der Waals surface area contributed by atoms with E-state index in [1.807, 2.05) is 44.2 Å². The van der Waals surface area contributed by atoms with Crippen molar-refractivity contribution in [3.8, 4) is 22.9 Å². The number of carbonyl (C=O) groups is 1. The van der Waals surface area contributed by atoms with E-state index in [0.29, 0.717) is 59.0 Å². The molecule has 2 heterocycles. The molecule has 0 aliphatic carbocycles. The standard InChI is InChI=1S/C28H26BrN5O5/c1-17-14-20(15-18(2)25(17)39-21-8-9-23(35)22(29)16-21)34-28(38)30-26(36)24(31-34)27(37)33-12-10-32(11-13-33)19-6-4-3-5-7-19/h3-9,14-16,35H,10-13H2,1-2H3,(H,30,36,38). The van der Waals surface area contributed by atoms with Gasteiger partial charge in [-0.25, -0.2) is 4.79 Å². The number of phenols is 1. The van der Waals surface area contributed by atoms with Crippen molar-refractivity contribution in [3.63, 3.8) is 0 Å². The summed E-state index contributed by atoms with van der Waals surface area (Å²) in [6.07, 6.45) is 0. The number of benzene rings is 3. The van der Waals surface area contributed by atoms with Crippen molar-refractivity contribution < 1.29 is 14.6 Å². The van der Waals surface area contributed by atoms with E-state index in [9.17, 15) is 19.5 Å². The predicted octanol–water partition coefficient (Wildman–Crippen LogP) is 3.76. The molecule has 10 nitrogen and oxygen atoms in total. The molecular weight excluding hydrogens is 566 g/mol. The number of hydrogen-bond donors (Lipinski definition) is 2. The number of H-pyrrole nitrogens is 1. The number of halogens is 1. The third-order valence-corrected chi connectivity index (χ3v) is 7.18. The summed E-state index contributed by atoms with van der Waals surface area (Å²) in [5, 5.41) is 13.9. The Hall–Kier alpha value is -4.38. The van der Waals surface area contributed by atoms with E-state index in [0.717, 1.165) is 10.4 Å². The first kappa shape index (κ1) is 26.2. The van der Waals surface area contributed by atoms with Gasteiger partial charge in [0.05, 0.1) is 10.2 Å². The molecule has 0 unspecified atom stereocenters. The van der Waals surface area contributed by atoms with Gasteiger partial charge in [0.15, 0.2) is 0 Å². The minimum atomic E-state index is -0.821. The third kappa shape index (κ3) is 5.44. The number of nitrogens with one attached hydrogen (secondary N) is 1. The highest BCUT2D eigenvalue weighted by atomic mass is 79.9. The molecule has 1 fully saturated rings. The Morgan fingerprint density at radius 3 is 2.26 bits per heavy atom. The lowest BCUT2D eigenvalue weighted by Gasteiger charge is -2.35. The molecule has 2 N–H and O–H groups in total. The number of nitrogens with zero attached hydrogens (tertiary/aromatic N) is 4. The molecule has 0 atom stereocenters. The molecule has 200 valence electrons. The van der Waals surface area contributed by atoms with Crippen molar-refractivity contribution in [1.29, 1.82) is 0 Å². The van der Waals surface area contributed by atoms with E-state index < -0.39 is 17.2 Å². The van der Waals surface area contributed by atoms with E-state index in [1.54, 1.807) is 29.2 Å². The number of amides is 1. The number of piperazine rings is 1. The third-order valence-electron chi connectivity index (χ3n) is 6.55. The van der Waals surface area contributed by atoms with E-state index in [2.05, 4.69) is 30.9 Å². The second kappa shape index (κ2) is 10.8. The number of aromatic nitrogens is 3. The molecule has 1 aromatic heterocycles. The number of aryl methyl sites for hydroxylation is 2. The summed E-state index contributed by atoms with van der Waals surface area (Å²) in [6.45, 7) is 5.71. The highest BCUT2D eigenvalue weighted by Crippen LogP contribution is 2.34. The summed E-state index contributed by atoms with van der Waals surface area (Å²) < 4.78 is 7.54. The normalized spacial score (nSPS) is 13.4. The van der Waals surface area contributed by atoms with E-state index >= 15 is 0 Å². The summed E-state index contributed by atoms with van der Waals surface area (Å²) in [6, 6.07) is 18.1. The van der Waals surface area contributed by atoms with Gasteiger partial charge in [0, 0.05) is 31.9 Å². The van der Waals surface area contributed by atoms with Crippen LogP contribution in [0.4, 0.5) is 5.69 Å². The van der Waals surface area contributed by atoms with Crippen LogP contribution in [-0.2, 0) is 0 Å². The molecule has 1 aliphatic heterocycles. The zero-order chi connectivity index (χ0) is 27.7. The summed E-state index contributed by atoms with van der Waals surface area (Å²) in [5.74, 6) is 0.654. The molecule has 5 rings (SSSR count). The van der Waals surface area contributed by atoms with Gasteiger partial charge in [0.1, 0.15) is 17.2 Å². The molecule has 1 saturated heterocycles. The van der Waals surface area contributed by atoms with Crippen LogP contribution in [0.15, 0.2) is 74.7 Å². The van der Waals surface area contributed by atoms with Gasteiger partial charge >= 0.3 is 5.69 Å². The molecule has 0 bridgehead atoms. The van der Waals surface area contributed by atoms with Gasteiger partial charge in [-0.3, -0.25) is 14.6 Å². The predicted molar refractivity (Wildman–Crippen MR) is 150 cm³/mol. The molecule has 3 aromatic carbocycles. The zero-order valence-electron chi connectivity index (χ0n) is 21.3. The van der Waals surface area contributed by atoms with Crippen LogP contribution < -0.4 is 20.9 Å². The first-order chi connectivity index (χ1) is 18.7. The van der Waals surface area contributed by atoms with Gasteiger partial charge < -0.3 is 19.6 Å². The Morgan fingerprint density at radius 1 is 0.949 bits per heavy atom. The minimum Gasteiger partial charge on any atom is -0.507 e.